The van der Waals surface area contributed by atoms with Gasteiger partial charge in [0.15, 0.2) is 0 Å². The van der Waals surface area contributed by atoms with E-state index in [2.05, 4.69) is 10.3 Å². The van der Waals surface area contributed by atoms with Crippen molar-refractivity contribution in [3.63, 3.8) is 0 Å². The molecule has 1 atom stereocenters. The van der Waals surface area contributed by atoms with Gasteiger partial charge in [-0.2, -0.15) is 0 Å². The molecule has 0 aliphatic carbocycles. The standard InChI is InChI=1S/C18H23N3O3S/c1-12(16-19-7-8-25-16)20-17(22)21-10-13-5-6-14(23-4)9-15(13)24-18(2,3)11-21/h5-9,12H,10-11H2,1-4H3,(H,20,22)/t12-/m0/s1. The minimum Gasteiger partial charge on any atom is -0.497 e. The minimum absolute atomic E-state index is 0.122. The highest BCUT2D eigenvalue weighted by Gasteiger charge is 2.32. The number of carbonyl (C=O) groups excluding carboxylic acids is 1. The Labute approximate surface area is 151 Å². The third-order valence-electron chi connectivity index (χ3n) is 4.04. The average Bonchev–Trinajstić information content (AvgIpc) is 3.05. The van der Waals surface area contributed by atoms with Crippen molar-refractivity contribution in [1.82, 2.24) is 15.2 Å². The molecule has 1 N–H and O–H groups in total. The quantitative estimate of drug-likeness (QED) is 0.907. The zero-order valence-corrected chi connectivity index (χ0v) is 15.7. The number of benzene rings is 1. The van der Waals surface area contributed by atoms with Crippen LogP contribution in [0, 0.1) is 0 Å². The lowest BCUT2D eigenvalue weighted by atomic mass is 10.1. The van der Waals surface area contributed by atoms with Gasteiger partial charge in [-0.25, -0.2) is 9.78 Å². The topological polar surface area (TPSA) is 63.7 Å². The number of thiazole rings is 1. The van der Waals surface area contributed by atoms with E-state index in [1.54, 1.807) is 18.2 Å². The lowest BCUT2D eigenvalue weighted by Crippen LogP contribution is -2.47. The van der Waals surface area contributed by atoms with Gasteiger partial charge in [0.05, 0.1) is 26.2 Å². The first-order valence-electron chi connectivity index (χ1n) is 8.19. The Morgan fingerprint density at radius 3 is 2.96 bits per heavy atom. The second kappa shape index (κ2) is 6.92. The van der Waals surface area contributed by atoms with E-state index in [1.807, 2.05) is 44.4 Å². The summed E-state index contributed by atoms with van der Waals surface area (Å²) >= 11 is 1.53. The highest BCUT2D eigenvalue weighted by atomic mass is 32.1. The van der Waals surface area contributed by atoms with E-state index in [1.165, 1.54) is 11.3 Å². The molecule has 2 amide bonds. The number of hydrogen-bond donors (Lipinski definition) is 1. The van der Waals surface area contributed by atoms with E-state index in [4.69, 9.17) is 9.47 Å². The average molecular weight is 361 g/mol. The Bertz CT molecular complexity index is 746. The van der Waals surface area contributed by atoms with Crippen LogP contribution in [0.15, 0.2) is 29.8 Å². The van der Waals surface area contributed by atoms with Gasteiger partial charge in [0.2, 0.25) is 0 Å². The molecule has 0 spiro atoms. The van der Waals surface area contributed by atoms with Gasteiger partial charge in [-0.05, 0) is 32.9 Å². The second-order valence-electron chi connectivity index (χ2n) is 6.73. The zero-order valence-electron chi connectivity index (χ0n) is 14.9. The Kier molecular flexibility index (Phi) is 4.85. The third kappa shape index (κ3) is 4.04. The van der Waals surface area contributed by atoms with E-state index < -0.39 is 5.60 Å². The first kappa shape index (κ1) is 17.5. The summed E-state index contributed by atoms with van der Waals surface area (Å²) in [6, 6.07) is 5.45. The van der Waals surface area contributed by atoms with Crippen molar-refractivity contribution in [3.05, 3.63) is 40.3 Å². The fourth-order valence-corrected chi connectivity index (χ4v) is 3.51. The van der Waals surface area contributed by atoms with Crippen LogP contribution in [-0.2, 0) is 6.54 Å². The largest absolute Gasteiger partial charge is 0.497 e. The van der Waals surface area contributed by atoms with Crippen LogP contribution >= 0.6 is 11.3 Å². The van der Waals surface area contributed by atoms with Crippen molar-refractivity contribution in [2.75, 3.05) is 13.7 Å². The predicted octanol–water partition coefficient (Wildman–Crippen LogP) is 3.60. The number of ether oxygens (including phenoxy) is 2. The molecule has 0 fully saturated rings. The van der Waals surface area contributed by atoms with Crippen LogP contribution in [0.4, 0.5) is 4.79 Å². The first-order chi connectivity index (χ1) is 11.9. The Morgan fingerprint density at radius 2 is 2.28 bits per heavy atom. The Hall–Kier alpha value is -2.28. The van der Waals surface area contributed by atoms with Gasteiger partial charge in [-0.3, -0.25) is 0 Å². The molecule has 1 aliphatic heterocycles. The fourth-order valence-electron chi connectivity index (χ4n) is 2.87. The van der Waals surface area contributed by atoms with Gasteiger partial charge >= 0.3 is 6.03 Å². The Morgan fingerprint density at radius 1 is 1.48 bits per heavy atom. The van der Waals surface area contributed by atoms with Crippen molar-refractivity contribution < 1.29 is 14.3 Å². The number of methoxy groups -OCH3 is 1. The minimum atomic E-state index is -0.501. The SMILES string of the molecule is COc1ccc2c(c1)OC(C)(C)CN(C(=O)N[C@@H](C)c1nccs1)C2. The monoisotopic (exact) mass is 361 g/mol. The summed E-state index contributed by atoms with van der Waals surface area (Å²) in [5, 5.41) is 5.83. The van der Waals surface area contributed by atoms with E-state index >= 15 is 0 Å². The van der Waals surface area contributed by atoms with E-state index in [0.717, 1.165) is 22.1 Å². The molecule has 0 bridgehead atoms. The highest BCUT2D eigenvalue weighted by Crippen LogP contribution is 2.32. The van der Waals surface area contributed by atoms with Crippen molar-refractivity contribution >= 4 is 17.4 Å². The molecule has 6 nitrogen and oxygen atoms in total. The van der Waals surface area contributed by atoms with E-state index in [-0.39, 0.29) is 12.1 Å². The normalized spacial score (nSPS) is 17.0. The van der Waals surface area contributed by atoms with Crippen LogP contribution in [0.3, 0.4) is 0 Å². The zero-order chi connectivity index (χ0) is 18.0. The van der Waals surface area contributed by atoms with Crippen LogP contribution in [0.5, 0.6) is 11.5 Å². The number of nitrogens with one attached hydrogen (secondary N) is 1. The maximum Gasteiger partial charge on any atom is 0.318 e. The van der Waals surface area contributed by atoms with Crippen molar-refractivity contribution in [2.45, 2.75) is 39.0 Å². The summed E-state index contributed by atoms with van der Waals surface area (Å²) < 4.78 is 11.4. The smallest absolute Gasteiger partial charge is 0.318 e. The molecule has 2 heterocycles. The second-order valence-corrected chi connectivity index (χ2v) is 7.66. The lowest BCUT2D eigenvalue weighted by Gasteiger charge is -2.30. The van der Waals surface area contributed by atoms with Gasteiger partial charge in [0.25, 0.3) is 0 Å². The molecule has 25 heavy (non-hydrogen) atoms. The molecule has 0 saturated heterocycles. The van der Waals surface area contributed by atoms with Crippen LogP contribution in [0.1, 0.15) is 37.4 Å². The van der Waals surface area contributed by atoms with Crippen LogP contribution in [-0.4, -0.2) is 35.2 Å². The van der Waals surface area contributed by atoms with Crippen LogP contribution < -0.4 is 14.8 Å². The third-order valence-corrected chi connectivity index (χ3v) is 5.00. The molecular weight excluding hydrogens is 338 g/mol. The number of carbonyl (C=O) groups is 1. The summed E-state index contributed by atoms with van der Waals surface area (Å²) in [5.41, 5.74) is 0.461. The molecule has 1 aromatic carbocycles. The molecule has 1 aliphatic rings. The maximum absolute atomic E-state index is 12.8. The van der Waals surface area contributed by atoms with Gasteiger partial charge < -0.3 is 19.7 Å². The summed E-state index contributed by atoms with van der Waals surface area (Å²) in [7, 11) is 1.63. The molecule has 1 aromatic heterocycles. The molecule has 0 saturated carbocycles. The predicted molar refractivity (Wildman–Crippen MR) is 97.2 cm³/mol. The Balaban J connectivity index is 1.80. The number of aromatic nitrogens is 1. The van der Waals surface area contributed by atoms with Crippen LogP contribution in [0.2, 0.25) is 0 Å². The van der Waals surface area contributed by atoms with Crippen molar-refractivity contribution in [1.29, 1.82) is 0 Å². The van der Waals surface area contributed by atoms with Gasteiger partial charge in [-0.15, -0.1) is 11.3 Å². The first-order valence-corrected chi connectivity index (χ1v) is 9.07. The molecule has 3 rings (SSSR count). The number of hydrogen-bond acceptors (Lipinski definition) is 5. The number of amides is 2. The molecule has 0 unspecified atom stereocenters. The van der Waals surface area contributed by atoms with E-state index in [0.29, 0.717) is 13.1 Å². The van der Waals surface area contributed by atoms with Gasteiger partial charge in [-0.1, -0.05) is 0 Å². The number of rotatable bonds is 3. The molecule has 134 valence electrons. The molecule has 2 aromatic rings. The summed E-state index contributed by atoms with van der Waals surface area (Å²) in [6.07, 6.45) is 1.75. The number of fused-ring (bicyclic) bond motifs is 1. The number of urea groups is 1. The van der Waals surface area contributed by atoms with Crippen LogP contribution in [0.25, 0.3) is 0 Å². The molecular formula is C18H23N3O3S. The van der Waals surface area contributed by atoms with Crippen molar-refractivity contribution in [3.8, 4) is 11.5 Å². The summed E-state index contributed by atoms with van der Waals surface area (Å²) in [5.74, 6) is 1.50. The summed E-state index contributed by atoms with van der Waals surface area (Å²) in [6.45, 7) is 6.87. The molecule has 0 radical (unpaired) electrons. The number of nitrogens with zero attached hydrogens (tertiary/aromatic N) is 2. The fraction of sp³-hybridized carbons (Fsp3) is 0.444. The molecule has 7 heteroatoms. The van der Waals surface area contributed by atoms with E-state index in [9.17, 15) is 4.79 Å². The summed E-state index contributed by atoms with van der Waals surface area (Å²) in [4.78, 5) is 18.8. The van der Waals surface area contributed by atoms with Crippen molar-refractivity contribution in [2.24, 2.45) is 0 Å². The van der Waals surface area contributed by atoms with Gasteiger partial charge in [0, 0.05) is 23.2 Å². The van der Waals surface area contributed by atoms with Gasteiger partial charge in [0.1, 0.15) is 22.1 Å². The highest BCUT2D eigenvalue weighted by molar-refractivity contribution is 7.09. The lowest BCUT2D eigenvalue weighted by molar-refractivity contribution is 0.0800. The maximum atomic E-state index is 12.8.